The average molecular weight is 274 g/mol. The Balaban J connectivity index is 2.46. The summed E-state index contributed by atoms with van der Waals surface area (Å²) in [6.45, 7) is 0. The molecule has 1 aliphatic heterocycles. The van der Waals surface area contributed by atoms with Crippen molar-refractivity contribution in [3.05, 3.63) is 28.1 Å². The van der Waals surface area contributed by atoms with Crippen LogP contribution in [0.25, 0.3) is 5.70 Å². The summed E-state index contributed by atoms with van der Waals surface area (Å²) in [6.07, 6.45) is 0. The molecule has 0 saturated heterocycles. The number of hydrogen-bond donors (Lipinski definition) is 1. The minimum atomic E-state index is 0.452. The highest BCUT2D eigenvalue weighted by atomic mass is 35.5. The lowest BCUT2D eigenvalue weighted by atomic mass is 10.1. The van der Waals surface area contributed by atoms with E-state index in [9.17, 15) is 5.21 Å². The Labute approximate surface area is 109 Å². The fourth-order valence-electron chi connectivity index (χ4n) is 1.60. The van der Waals surface area contributed by atoms with Crippen LogP contribution in [-0.2, 0) is 0 Å². The van der Waals surface area contributed by atoms with E-state index in [1.165, 1.54) is 23.9 Å². The van der Waals surface area contributed by atoms with Crippen molar-refractivity contribution in [3.63, 3.8) is 0 Å². The Morgan fingerprint density at radius 2 is 2.12 bits per heavy atom. The van der Waals surface area contributed by atoms with Gasteiger partial charge in [-0.1, -0.05) is 11.6 Å². The van der Waals surface area contributed by atoms with Gasteiger partial charge in [0.2, 0.25) is 0 Å². The molecule has 1 aliphatic rings. The molecule has 1 N–H and O–H groups in total. The SMILES string of the molecule is COc1cc(C2=CSCN2O)cc(Cl)c1OC. The van der Waals surface area contributed by atoms with Crippen molar-refractivity contribution in [3.8, 4) is 11.5 Å². The third kappa shape index (κ3) is 2.31. The van der Waals surface area contributed by atoms with Crippen LogP contribution < -0.4 is 9.47 Å². The molecule has 92 valence electrons. The van der Waals surface area contributed by atoms with Crippen molar-refractivity contribution in [1.82, 2.24) is 5.06 Å². The van der Waals surface area contributed by atoms with E-state index in [2.05, 4.69) is 0 Å². The molecule has 0 spiro atoms. The summed E-state index contributed by atoms with van der Waals surface area (Å²) in [5.41, 5.74) is 1.50. The van der Waals surface area contributed by atoms with Crippen LogP contribution in [0, 0.1) is 0 Å². The zero-order valence-corrected chi connectivity index (χ0v) is 11.0. The topological polar surface area (TPSA) is 41.9 Å². The molecule has 0 amide bonds. The summed E-state index contributed by atoms with van der Waals surface area (Å²) < 4.78 is 10.4. The van der Waals surface area contributed by atoms with Gasteiger partial charge in [-0.2, -0.15) is 0 Å². The van der Waals surface area contributed by atoms with Crippen LogP contribution in [-0.4, -0.2) is 30.4 Å². The number of thioether (sulfide) groups is 1. The van der Waals surface area contributed by atoms with Crippen LogP contribution in [0.1, 0.15) is 5.56 Å². The summed E-state index contributed by atoms with van der Waals surface area (Å²) >= 11 is 7.61. The first-order valence-electron chi connectivity index (χ1n) is 4.87. The van der Waals surface area contributed by atoms with Gasteiger partial charge in [-0.05, 0) is 17.5 Å². The van der Waals surface area contributed by atoms with Crippen molar-refractivity contribution in [2.45, 2.75) is 0 Å². The van der Waals surface area contributed by atoms with Gasteiger partial charge in [-0.3, -0.25) is 5.21 Å². The number of ether oxygens (including phenoxy) is 2. The maximum atomic E-state index is 9.65. The maximum absolute atomic E-state index is 9.65. The molecule has 0 atom stereocenters. The van der Waals surface area contributed by atoms with E-state index in [0.29, 0.717) is 28.1 Å². The quantitative estimate of drug-likeness (QED) is 0.917. The molecule has 0 saturated carbocycles. The number of halogens is 1. The molecule has 0 bridgehead atoms. The number of methoxy groups -OCH3 is 2. The van der Waals surface area contributed by atoms with Crippen LogP contribution in [0.3, 0.4) is 0 Å². The molecule has 1 aromatic rings. The fourth-order valence-corrected chi connectivity index (χ4v) is 2.66. The zero-order valence-electron chi connectivity index (χ0n) is 9.44. The Kier molecular flexibility index (Phi) is 3.71. The van der Waals surface area contributed by atoms with Gasteiger partial charge in [0.05, 0.1) is 30.8 Å². The second kappa shape index (κ2) is 5.08. The minimum absolute atomic E-state index is 0.452. The smallest absolute Gasteiger partial charge is 0.179 e. The molecule has 4 nitrogen and oxygen atoms in total. The lowest BCUT2D eigenvalue weighted by molar-refractivity contribution is -0.00410. The normalized spacial score (nSPS) is 14.8. The monoisotopic (exact) mass is 273 g/mol. The second-order valence-electron chi connectivity index (χ2n) is 3.39. The second-order valence-corrected chi connectivity index (χ2v) is 4.63. The standard InChI is InChI=1S/C11H12ClNO3S/c1-15-10-4-7(3-8(12)11(10)16-2)9-5-17-6-13(9)14/h3-5,14H,6H2,1-2H3. The van der Waals surface area contributed by atoms with Crippen molar-refractivity contribution in [2.24, 2.45) is 0 Å². The van der Waals surface area contributed by atoms with Crippen LogP contribution >= 0.6 is 23.4 Å². The van der Waals surface area contributed by atoms with E-state index in [4.69, 9.17) is 21.1 Å². The first-order valence-corrected chi connectivity index (χ1v) is 6.30. The first kappa shape index (κ1) is 12.4. The highest BCUT2D eigenvalue weighted by Crippen LogP contribution is 2.40. The molecular formula is C11H12ClNO3S. The molecule has 0 fully saturated rings. The van der Waals surface area contributed by atoms with E-state index in [0.717, 1.165) is 5.56 Å². The number of hydroxylamine groups is 2. The van der Waals surface area contributed by atoms with Gasteiger partial charge in [0.1, 0.15) is 0 Å². The van der Waals surface area contributed by atoms with Gasteiger partial charge in [0, 0.05) is 5.56 Å². The molecule has 1 aromatic carbocycles. The summed E-state index contributed by atoms with van der Waals surface area (Å²) in [5, 5.41) is 13.1. The van der Waals surface area contributed by atoms with E-state index in [1.807, 2.05) is 5.41 Å². The fraction of sp³-hybridized carbons (Fsp3) is 0.273. The zero-order chi connectivity index (χ0) is 12.4. The van der Waals surface area contributed by atoms with Gasteiger partial charge in [-0.25, -0.2) is 5.06 Å². The lowest BCUT2D eigenvalue weighted by Crippen LogP contribution is -2.12. The lowest BCUT2D eigenvalue weighted by Gasteiger charge is -2.16. The van der Waals surface area contributed by atoms with E-state index < -0.39 is 0 Å². The molecular weight excluding hydrogens is 262 g/mol. The third-order valence-corrected chi connectivity index (χ3v) is 3.46. The average Bonchev–Trinajstić information content (AvgIpc) is 2.74. The predicted molar refractivity (Wildman–Crippen MR) is 68.6 cm³/mol. The predicted octanol–water partition coefficient (Wildman–Crippen LogP) is 3.05. The number of hydrogen-bond acceptors (Lipinski definition) is 5. The maximum Gasteiger partial charge on any atom is 0.179 e. The Morgan fingerprint density at radius 1 is 1.35 bits per heavy atom. The van der Waals surface area contributed by atoms with Crippen molar-refractivity contribution >= 4 is 29.1 Å². The van der Waals surface area contributed by atoms with E-state index >= 15 is 0 Å². The van der Waals surface area contributed by atoms with Gasteiger partial charge in [-0.15, -0.1) is 11.8 Å². The molecule has 0 unspecified atom stereocenters. The largest absolute Gasteiger partial charge is 0.493 e. The molecule has 17 heavy (non-hydrogen) atoms. The van der Waals surface area contributed by atoms with Gasteiger partial charge in [0.25, 0.3) is 0 Å². The van der Waals surface area contributed by atoms with Gasteiger partial charge >= 0.3 is 0 Å². The van der Waals surface area contributed by atoms with Crippen molar-refractivity contribution in [2.75, 3.05) is 20.1 Å². The Morgan fingerprint density at radius 3 is 2.65 bits per heavy atom. The van der Waals surface area contributed by atoms with Crippen LogP contribution in [0.5, 0.6) is 11.5 Å². The van der Waals surface area contributed by atoms with Crippen LogP contribution in [0.15, 0.2) is 17.5 Å². The molecule has 2 rings (SSSR count). The molecule has 0 aromatic heterocycles. The third-order valence-electron chi connectivity index (χ3n) is 2.40. The highest BCUT2D eigenvalue weighted by molar-refractivity contribution is 8.02. The van der Waals surface area contributed by atoms with Crippen LogP contribution in [0.4, 0.5) is 0 Å². The number of rotatable bonds is 3. The van der Waals surface area contributed by atoms with E-state index in [-0.39, 0.29) is 0 Å². The van der Waals surface area contributed by atoms with Crippen LogP contribution in [0.2, 0.25) is 5.02 Å². The van der Waals surface area contributed by atoms with Gasteiger partial charge in [0.15, 0.2) is 11.5 Å². The summed E-state index contributed by atoms with van der Waals surface area (Å²) in [5.74, 6) is 1.55. The van der Waals surface area contributed by atoms with E-state index in [1.54, 1.807) is 19.2 Å². The minimum Gasteiger partial charge on any atom is -0.493 e. The molecule has 0 aliphatic carbocycles. The number of benzene rings is 1. The Bertz CT molecular complexity index is 464. The first-order chi connectivity index (χ1) is 8.17. The summed E-state index contributed by atoms with van der Waals surface area (Å²) in [6, 6.07) is 3.52. The molecule has 1 heterocycles. The summed E-state index contributed by atoms with van der Waals surface area (Å²) in [4.78, 5) is 0. The Hall–Kier alpha value is -1.04. The number of nitrogens with zero attached hydrogens (tertiary/aromatic N) is 1. The van der Waals surface area contributed by atoms with Crippen molar-refractivity contribution in [1.29, 1.82) is 0 Å². The van der Waals surface area contributed by atoms with Gasteiger partial charge < -0.3 is 9.47 Å². The van der Waals surface area contributed by atoms with Crippen molar-refractivity contribution < 1.29 is 14.7 Å². The highest BCUT2D eigenvalue weighted by Gasteiger charge is 2.19. The molecule has 6 heteroatoms. The summed E-state index contributed by atoms with van der Waals surface area (Å²) in [7, 11) is 3.08. The molecule has 0 radical (unpaired) electrons.